The zero-order valence-electron chi connectivity index (χ0n) is 28.8. The van der Waals surface area contributed by atoms with E-state index >= 15 is 0 Å². The van der Waals surface area contributed by atoms with Gasteiger partial charge in [0.15, 0.2) is 0 Å². The molecule has 0 spiro atoms. The molecule has 1 nitrogen and oxygen atoms in total. The van der Waals surface area contributed by atoms with Crippen molar-refractivity contribution in [2.24, 2.45) is 11.8 Å². The highest BCUT2D eigenvalue weighted by molar-refractivity contribution is 7.26. The fourth-order valence-electron chi connectivity index (χ4n) is 9.52. The van der Waals surface area contributed by atoms with E-state index in [1.54, 1.807) is 6.26 Å². The molecule has 2 aromatic heterocycles. The molecule has 0 aliphatic heterocycles. The van der Waals surface area contributed by atoms with Crippen LogP contribution < -0.4 is 0 Å². The number of allylic oxidation sites excluding steroid dienone is 4. The van der Waals surface area contributed by atoms with Crippen LogP contribution in [0.25, 0.3) is 102 Å². The van der Waals surface area contributed by atoms with Gasteiger partial charge in [-0.05, 0) is 119 Å². The van der Waals surface area contributed by atoms with Gasteiger partial charge in [-0.15, -0.1) is 11.3 Å². The molecular formula is C51H32OS. The summed E-state index contributed by atoms with van der Waals surface area (Å²) in [6.07, 6.45) is 10.1. The van der Waals surface area contributed by atoms with Crippen LogP contribution in [-0.4, -0.2) is 0 Å². The minimum atomic E-state index is 0.631. The number of benzene rings is 8. The molecule has 0 amide bonds. The molecule has 10 aromatic rings. The second-order valence-corrected chi connectivity index (χ2v) is 15.7. The number of hydrogen-bond donors (Lipinski definition) is 0. The average Bonchev–Trinajstić information content (AvgIpc) is 3.63. The molecule has 0 bridgehead atoms. The highest BCUT2D eigenvalue weighted by Crippen LogP contribution is 2.55. The molecule has 0 saturated heterocycles. The lowest BCUT2D eigenvalue weighted by Gasteiger charge is -2.20. The monoisotopic (exact) mass is 692 g/mol. The lowest BCUT2D eigenvalue weighted by molar-refractivity contribution is 0.583. The van der Waals surface area contributed by atoms with E-state index in [1.807, 2.05) is 17.4 Å². The third kappa shape index (κ3) is 4.24. The second-order valence-electron chi connectivity index (χ2n) is 14.7. The normalized spacial score (nSPS) is 16.6. The number of hydrogen-bond acceptors (Lipinski definition) is 2. The Bertz CT molecular complexity index is 3090. The van der Waals surface area contributed by atoms with E-state index in [0.717, 1.165) is 11.3 Å². The standard InChI is InChI=1S/C51H32OS/c1-7-19-38-32(13-1)47(33-14-2-8-20-39(33)50(38)44-23-11-27-52-44)31-25-26-41-46(29-31)53-45-24-10-22-42(51(41)45)49-36-17-5-3-15-34(36)48(35-16-4-6-18-37(35)49)40-21-9-12-30-28-43(30)40/h1-27,29-30,43H,28H2. The first kappa shape index (κ1) is 29.4. The van der Waals surface area contributed by atoms with Crippen LogP contribution >= 0.6 is 11.3 Å². The highest BCUT2D eigenvalue weighted by atomic mass is 32.1. The Hall–Kier alpha value is -6.22. The summed E-state index contributed by atoms with van der Waals surface area (Å²) in [5, 5.41) is 12.9. The van der Waals surface area contributed by atoms with E-state index in [0.29, 0.717) is 11.8 Å². The predicted molar refractivity (Wildman–Crippen MR) is 227 cm³/mol. The maximum Gasteiger partial charge on any atom is 0.135 e. The number of furan rings is 1. The zero-order valence-corrected chi connectivity index (χ0v) is 29.7. The second kappa shape index (κ2) is 11.1. The first-order valence-corrected chi connectivity index (χ1v) is 19.4. The third-order valence-corrected chi connectivity index (χ3v) is 13.0. The van der Waals surface area contributed by atoms with Crippen molar-refractivity contribution in [2.75, 3.05) is 0 Å². The molecule has 2 aliphatic rings. The maximum absolute atomic E-state index is 6.01. The van der Waals surface area contributed by atoms with Crippen LogP contribution in [0, 0.1) is 11.8 Å². The Balaban J connectivity index is 1.12. The van der Waals surface area contributed by atoms with E-state index in [2.05, 4.69) is 158 Å². The Morgan fingerprint density at radius 2 is 1.09 bits per heavy atom. The van der Waals surface area contributed by atoms with Crippen molar-refractivity contribution in [1.82, 2.24) is 0 Å². The SMILES string of the molecule is C1=CC2CC2C(c2c3ccccc3c(-c3cccc4sc5cc(-c6c7ccccc7c(-c7ccco7)c7ccccc67)ccc5c34)c3ccccc23)=C1. The molecule has 2 heterocycles. The van der Waals surface area contributed by atoms with E-state index < -0.39 is 0 Å². The molecule has 12 rings (SSSR count). The van der Waals surface area contributed by atoms with Crippen LogP contribution in [0.15, 0.2) is 175 Å². The first-order valence-electron chi connectivity index (χ1n) is 18.6. The molecule has 248 valence electrons. The van der Waals surface area contributed by atoms with Gasteiger partial charge in [-0.25, -0.2) is 0 Å². The largest absolute Gasteiger partial charge is 0.464 e. The maximum atomic E-state index is 6.01. The van der Waals surface area contributed by atoms with Crippen molar-refractivity contribution in [2.45, 2.75) is 6.42 Å². The Morgan fingerprint density at radius 1 is 0.491 bits per heavy atom. The Labute approximate surface area is 310 Å². The van der Waals surface area contributed by atoms with Gasteiger partial charge in [0.2, 0.25) is 0 Å². The summed E-state index contributed by atoms with van der Waals surface area (Å²) in [4.78, 5) is 0. The molecular weight excluding hydrogens is 661 g/mol. The predicted octanol–water partition coefficient (Wildman–Crippen LogP) is 14.9. The molecule has 1 saturated carbocycles. The minimum absolute atomic E-state index is 0.631. The summed E-state index contributed by atoms with van der Waals surface area (Å²) in [5.74, 6) is 2.22. The van der Waals surface area contributed by atoms with Gasteiger partial charge in [0, 0.05) is 25.7 Å². The molecule has 8 aromatic carbocycles. The topological polar surface area (TPSA) is 13.1 Å². The Kier molecular flexibility index (Phi) is 6.17. The molecule has 2 heteroatoms. The fourth-order valence-corrected chi connectivity index (χ4v) is 10.7. The Morgan fingerprint density at radius 3 is 1.72 bits per heavy atom. The lowest BCUT2D eigenvalue weighted by Crippen LogP contribution is -1.97. The number of fused-ring (bicyclic) bond motifs is 8. The fraction of sp³-hybridized carbons (Fsp3) is 0.0588. The zero-order chi connectivity index (χ0) is 34.6. The summed E-state index contributed by atoms with van der Waals surface area (Å²) in [5.41, 5.74) is 9.21. The van der Waals surface area contributed by atoms with E-state index in [4.69, 9.17) is 4.42 Å². The molecule has 1 fully saturated rings. The number of rotatable bonds is 4. The van der Waals surface area contributed by atoms with Crippen LogP contribution in [0.5, 0.6) is 0 Å². The van der Waals surface area contributed by atoms with Gasteiger partial charge in [-0.2, -0.15) is 0 Å². The van der Waals surface area contributed by atoms with E-state index in [1.165, 1.54) is 103 Å². The van der Waals surface area contributed by atoms with E-state index in [9.17, 15) is 0 Å². The molecule has 2 aliphatic carbocycles. The summed E-state index contributed by atoms with van der Waals surface area (Å²) >= 11 is 1.90. The quantitative estimate of drug-likeness (QED) is 0.167. The molecule has 2 unspecified atom stereocenters. The lowest BCUT2D eigenvalue weighted by atomic mass is 9.83. The third-order valence-electron chi connectivity index (χ3n) is 11.8. The summed E-state index contributed by atoms with van der Waals surface area (Å²) < 4.78 is 8.63. The molecule has 0 N–H and O–H groups in total. The van der Waals surface area contributed by atoms with Crippen molar-refractivity contribution in [3.63, 3.8) is 0 Å². The summed E-state index contributed by atoms with van der Waals surface area (Å²) in [7, 11) is 0. The van der Waals surface area contributed by atoms with Crippen LogP contribution in [0.4, 0.5) is 0 Å². The van der Waals surface area contributed by atoms with Gasteiger partial charge >= 0.3 is 0 Å². The minimum Gasteiger partial charge on any atom is -0.464 e. The van der Waals surface area contributed by atoms with Crippen LogP contribution in [0.1, 0.15) is 12.0 Å². The highest BCUT2D eigenvalue weighted by Gasteiger charge is 2.40. The van der Waals surface area contributed by atoms with Gasteiger partial charge in [0.05, 0.1) is 6.26 Å². The van der Waals surface area contributed by atoms with E-state index in [-0.39, 0.29) is 0 Å². The van der Waals surface area contributed by atoms with Crippen LogP contribution in [0.2, 0.25) is 0 Å². The molecule has 0 radical (unpaired) electrons. The molecule has 53 heavy (non-hydrogen) atoms. The van der Waals surface area contributed by atoms with Crippen molar-refractivity contribution in [3.8, 4) is 33.6 Å². The average molecular weight is 693 g/mol. The van der Waals surface area contributed by atoms with Gasteiger partial charge in [0.25, 0.3) is 0 Å². The van der Waals surface area contributed by atoms with Gasteiger partial charge in [-0.1, -0.05) is 140 Å². The number of thiophene rings is 1. The van der Waals surface area contributed by atoms with Crippen molar-refractivity contribution in [3.05, 3.63) is 176 Å². The van der Waals surface area contributed by atoms with Crippen molar-refractivity contribution < 1.29 is 4.42 Å². The smallest absolute Gasteiger partial charge is 0.135 e. The first-order chi connectivity index (χ1) is 26.3. The summed E-state index contributed by atoms with van der Waals surface area (Å²) in [6.45, 7) is 0. The van der Waals surface area contributed by atoms with Crippen molar-refractivity contribution >= 4 is 80.2 Å². The van der Waals surface area contributed by atoms with Crippen molar-refractivity contribution in [1.29, 1.82) is 0 Å². The molecule has 2 atom stereocenters. The van der Waals surface area contributed by atoms with Gasteiger partial charge in [0.1, 0.15) is 5.76 Å². The van der Waals surface area contributed by atoms with Gasteiger partial charge in [-0.3, -0.25) is 0 Å². The van der Waals surface area contributed by atoms with Crippen LogP contribution in [0.3, 0.4) is 0 Å². The summed E-state index contributed by atoms with van der Waals surface area (Å²) in [6, 6.07) is 53.9. The van der Waals surface area contributed by atoms with Crippen LogP contribution in [-0.2, 0) is 0 Å². The van der Waals surface area contributed by atoms with Gasteiger partial charge < -0.3 is 4.42 Å².